The van der Waals surface area contributed by atoms with Crippen LogP contribution in [0.4, 0.5) is 4.79 Å². The van der Waals surface area contributed by atoms with Crippen molar-refractivity contribution in [1.29, 1.82) is 0 Å². The summed E-state index contributed by atoms with van der Waals surface area (Å²) in [5, 5.41) is 5.43. The van der Waals surface area contributed by atoms with E-state index in [1.165, 1.54) is 5.01 Å². The fourth-order valence-corrected chi connectivity index (χ4v) is 3.89. The second kappa shape index (κ2) is 8.29. The Hall–Kier alpha value is -2.15. The summed E-state index contributed by atoms with van der Waals surface area (Å²) in [6.45, 7) is -0.712. The number of benzene rings is 1. The first-order valence-corrected chi connectivity index (χ1v) is 9.49. The number of thioether (sulfide) groups is 1. The van der Waals surface area contributed by atoms with E-state index in [4.69, 9.17) is 10.5 Å². The molecule has 0 unspecified atom stereocenters. The fourth-order valence-electron chi connectivity index (χ4n) is 1.70. The van der Waals surface area contributed by atoms with Gasteiger partial charge in [0.25, 0.3) is 15.9 Å². The molecule has 1 aromatic carbocycles. The number of carbonyl (C=O) groups excluding carboxylic acids is 2. The van der Waals surface area contributed by atoms with Crippen molar-refractivity contribution in [2.45, 2.75) is 6.61 Å². The summed E-state index contributed by atoms with van der Waals surface area (Å²) >= 11 is 0.945. The standard InChI is InChI=1S/C13H17N5O5S2/c1-17-9-24-12(15-17)25(21,22)16-18(11(19)7-14)13(20)23-8-10-5-3-2-4-6-10/h2-6,16H,7-9,14H2,1H3. The maximum absolute atomic E-state index is 12.3. The summed E-state index contributed by atoms with van der Waals surface area (Å²) in [7, 11) is -2.62. The largest absolute Gasteiger partial charge is 0.443 e. The van der Waals surface area contributed by atoms with Crippen LogP contribution in [0.1, 0.15) is 5.56 Å². The fraction of sp³-hybridized carbons (Fsp3) is 0.308. The van der Waals surface area contributed by atoms with Crippen LogP contribution in [-0.2, 0) is 26.2 Å². The van der Waals surface area contributed by atoms with Gasteiger partial charge in [-0.3, -0.25) is 9.80 Å². The maximum atomic E-state index is 12.3. The topological polar surface area (TPSA) is 134 Å². The molecule has 3 N–H and O–H groups in total. The van der Waals surface area contributed by atoms with Crippen LogP contribution in [0, 0.1) is 0 Å². The minimum atomic E-state index is -4.21. The molecule has 0 saturated heterocycles. The van der Waals surface area contributed by atoms with Crippen LogP contribution in [0.2, 0.25) is 0 Å². The third kappa shape index (κ3) is 5.16. The maximum Gasteiger partial charge on any atom is 0.432 e. The lowest BCUT2D eigenvalue weighted by atomic mass is 10.2. The van der Waals surface area contributed by atoms with Crippen LogP contribution in [-0.4, -0.2) is 54.3 Å². The van der Waals surface area contributed by atoms with Gasteiger partial charge in [-0.05, 0) is 5.56 Å². The SMILES string of the molecule is CN1CSC(S(=O)(=O)NN(C(=O)CN)C(=O)OCc2ccccc2)=N1. The van der Waals surface area contributed by atoms with Gasteiger partial charge in [-0.1, -0.05) is 42.1 Å². The van der Waals surface area contributed by atoms with Gasteiger partial charge in [-0.15, -0.1) is 4.83 Å². The Kier molecular flexibility index (Phi) is 6.36. The smallest absolute Gasteiger partial charge is 0.432 e. The molecule has 0 aliphatic carbocycles. The Balaban J connectivity index is 2.09. The normalized spacial score (nSPS) is 14.2. The lowest BCUT2D eigenvalue weighted by Crippen LogP contribution is -2.53. The number of nitrogens with two attached hydrogens (primary N) is 1. The molecule has 1 heterocycles. The Morgan fingerprint density at radius 1 is 1.40 bits per heavy atom. The summed E-state index contributed by atoms with van der Waals surface area (Å²) in [6.07, 6.45) is -1.18. The number of hydrogen-bond acceptors (Lipinski definition) is 9. The second-order valence-electron chi connectivity index (χ2n) is 4.87. The first-order chi connectivity index (χ1) is 11.8. The number of hydrazone groups is 1. The van der Waals surface area contributed by atoms with E-state index in [0.717, 1.165) is 11.8 Å². The summed E-state index contributed by atoms with van der Waals surface area (Å²) in [6, 6.07) is 8.72. The molecule has 0 fully saturated rings. The number of hydrogen-bond donors (Lipinski definition) is 2. The average molecular weight is 387 g/mol. The highest BCUT2D eigenvalue weighted by Crippen LogP contribution is 2.19. The molecule has 1 aliphatic heterocycles. The minimum absolute atomic E-state index is 0.131. The van der Waals surface area contributed by atoms with Crippen molar-refractivity contribution in [3.8, 4) is 0 Å². The monoisotopic (exact) mass is 387 g/mol. The highest BCUT2D eigenvalue weighted by molar-refractivity contribution is 8.34. The highest BCUT2D eigenvalue weighted by Gasteiger charge is 2.33. The van der Waals surface area contributed by atoms with Crippen LogP contribution in [0.25, 0.3) is 0 Å². The molecule has 0 bridgehead atoms. The predicted molar refractivity (Wildman–Crippen MR) is 92.2 cm³/mol. The quantitative estimate of drug-likeness (QED) is 0.666. The van der Waals surface area contributed by atoms with Gasteiger partial charge in [0.1, 0.15) is 6.61 Å². The molecular formula is C13H17N5O5S2. The van der Waals surface area contributed by atoms with E-state index in [1.807, 2.05) is 4.83 Å². The van der Waals surface area contributed by atoms with Crippen LogP contribution in [0.3, 0.4) is 0 Å². The number of rotatable bonds is 5. The molecule has 0 radical (unpaired) electrons. The molecule has 136 valence electrons. The van der Waals surface area contributed by atoms with E-state index in [9.17, 15) is 18.0 Å². The molecule has 2 rings (SSSR count). The molecule has 0 aromatic heterocycles. The van der Waals surface area contributed by atoms with Crippen LogP contribution in [0.5, 0.6) is 0 Å². The van der Waals surface area contributed by atoms with E-state index in [1.54, 1.807) is 37.4 Å². The molecule has 0 spiro atoms. The molecule has 25 heavy (non-hydrogen) atoms. The zero-order chi connectivity index (χ0) is 18.4. The summed E-state index contributed by atoms with van der Waals surface area (Å²) in [5.41, 5.74) is 5.91. The van der Waals surface area contributed by atoms with Crippen molar-refractivity contribution >= 4 is 38.2 Å². The number of nitrogens with zero attached hydrogens (tertiary/aromatic N) is 3. The molecule has 2 amide bonds. The lowest BCUT2D eigenvalue weighted by Gasteiger charge is -2.19. The van der Waals surface area contributed by atoms with Gasteiger partial charge >= 0.3 is 6.09 Å². The Bertz CT molecular complexity index is 768. The lowest BCUT2D eigenvalue weighted by molar-refractivity contribution is -0.129. The third-order valence-corrected chi connectivity index (χ3v) is 5.69. The van der Waals surface area contributed by atoms with Crippen molar-refractivity contribution in [2.24, 2.45) is 10.8 Å². The number of hydrazine groups is 1. The number of sulfonamides is 1. The zero-order valence-corrected chi connectivity index (χ0v) is 14.9. The van der Waals surface area contributed by atoms with Gasteiger partial charge in [-0.2, -0.15) is 10.1 Å². The van der Waals surface area contributed by atoms with Crippen LogP contribution < -0.4 is 10.6 Å². The Labute approximate surface area is 149 Å². The third-order valence-electron chi connectivity index (χ3n) is 2.88. The molecule has 1 aromatic rings. The number of carbonyl (C=O) groups is 2. The molecular weight excluding hydrogens is 370 g/mol. The van der Waals surface area contributed by atoms with Gasteiger partial charge in [0.2, 0.25) is 4.38 Å². The highest BCUT2D eigenvalue weighted by atomic mass is 32.3. The zero-order valence-electron chi connectivity index (χ0n) is 13.3. The van der Waals surface area contributed by atoms with Crippen molar-refractivity contribution in [3.05, 3.63) is 35.9 Å². The minimum Gasteiger partial charge on any atom is -0.443 e. The van der Waals surface area contributed by atoms with Crippen LogP contribution >= 0.6 is 11.8 Å². The van der Waals surface area contributed by atoms with E-state index in [-0.39, 0.29) is 16.0 Å². The summed E-state index contributed by atoms with van der Waals surface area (Å²) in [5.74, 6) is -0.627. The van der Waals surface area contributed by atoms with Crippen molar-refractivity contribution < 1.29 is 22.7 Å². The molecule has 0 saturated carbocycles. The van der Waals surface area contributed by atoms with E-state index >= 15 is 0 Å². The average Bonchev–Trinajstić information content (AvgIpc) is 3.05. The number of ether oxygens (including phenoxy) is 1. The number of imide groups is 1. The van der Waals surface area contributed by atoms with Crippen molar-refractivity contribution in [3.63, 3.8) is 0 Å². The first kappa shape index (κ1) is 19.2. The van der Waals surface area contributed by atoms with Crippen molar-refractivity contribution in [1.82, 2.24) is 14.8 Å². The Morgan fingerprint density at radius 2 is 2.08 bits per heavy atom. The second-order valence-corrected chi connectivity index (χ2v) is 7.63. The first-order valence-electron chi connectivity index (χ1n) is 7.02. The van der Waals surface area contributed by atoms with E-state index < -0.39 is 28.6 Å². The molecule has 1 aliphatic rings. The van der Waals surface area contributed by atoms with Gasteiger partial charge in [0, 0.05) is 7.05 Å². The van der Waals surface area contributed by atoms with Crippen LogP contribution in [0.15, 0.2) is 35.4 Å². The van der Waals surface area contributed by atoms with Gasteiger partial charge < -0.3 is 10.5 Å². The van der Waals surface area contributed by atoms with E-state index in [0.29, 0.717) is 11.4 Å². The molecule has 10 nitrogen and oxygen atoms in total. The summed E-state index contributed by atoms with van der Waals surface area (Å²) in [4.78, 5) is 25.8. The summed E-state index contributed by atoms with van der Waals surface area (Å²) < 4.78 is 29.2. The predicted octanol–water partition coefficient (Wildman–Crippen LogP) is -0.148. The Morgan fingerprint density at radius 3 is 2.64 bits per heavy atom. The number of amides is 2. The van der Waals surface area contributed by atoms with E-state index in [2.05, 4.69) is 5.10 Å². The van der Waals surface area contributed by atoms with Crippen molar-refractivity contribution in [2.75, 3.05) is 19.5 Å². The number of nitrogens with one attached hydrogen (secondary N) is 1. The van der Waals surface area contributed by atoms with Gasteiger partial charge in [0.05, 0.1) is 12.4 Å². The van der Waals surface area contributed by atoms with Gasteiger partial charge in [-0.25, -0.2) is 13.2 Å². The van der Waals surface area contributed by atoms with Gasteiger partial charge in [0.15, 0.2) is 0 Å². The molecule has 12 heteroatoms. The molecule has 0 atom stereocenters.